The predicted octanol–water partition coefficient (Wildman–Crippen LogP) is 11.5. The van der Waals surface area contributed by atoms with E-state index in [0.717, 1.165) is 38.5 Å². The first-order valence-electron chi connectivity index (χ1n) is 26.7. The van der Waals surface area contributed by atoms with Gasteiger partial charge in [-0.05, 0) is 59.4 Å². The molecule has 3 unspecified atom stereocenters. The van der Waals surface area contributed by atoms with Crippen molar-refractivity contribution in [3.63, 3.8) is 0 Å². The molecule has 0 spiro atoms. The minimum absolute atomic E-state index is 0.0501. The van der Waals surface area contributed by atoms with E-state index in [4.69, 9.17) is 5.73 Å². The maximum absolute atomic E-state index is 13.5. The number of nitrogens with two attached hydrogens (primary N) is 1. The van der Waals surface area contributed by atoms with Gasteiger partial charge in [-0.15, -0.1) is 0 Å². The number of primary amides is 1. The van der Waals surface area contributed by atoms with E-state index in [-0.39, 0.29) is 17.7 Å². The smallest absolute Gasteiger partial charge is 0.237 e. The minimum Gasteiger partial charge on any atom is -0.368 e. The summed E-state index contributed by atoms with van der Waals surface area (Å²) >= 11 is 0. The van der Waals surface area contributed by atoms with E-state index in [1.54, 1.807) is 0 Å². The normalized spacial score (nSPS) is 13.0. The second kappa shape index (κ2) is 44.0. The van der Waals surface area contributed by atoms with Gasteiger partial charge in [-0.1, -0.05) is 194 Å². The first-order chi connectivity index (χ1) is 30.1. The van der Waals surface area contributed by atoms with E-state index in [0.29, 0.717) is 58.5 Å². The number of rotatable bonds is 47. The van der Waals surface area contributed by atoms with Gasteiger partial charge in [-0.2, -0.15) is 0 Å². The van der Waals surface area contributed by atoms with Crippen molar-refractivity contribution in [2.45, 2.75) is 272 Å². The van der Waals surface area contributed by atoms with Gasteiger partial charge in [0, 0.05) is 39.1 Å². The van der Waals surface area contributed by atoms with E-state index >= 15 is 0 Å². The van der Waals surface area contributed by atoms with Crippen LogP contribution in [0.5, 0.6) is 0 Å². The van der Waals surface area contributed by atoms with E-state index in [1.807, 2.05) is 30.6 Å². The average molecular weight is 877 g/mol. The number of nitrogens with zero attached hydrogens (tertiary/aromatic N) is 2. The van der Waals surface area contributed by atoms with Gasteiger partial charge in [0.1, 0.15) is 0 Å². The standard InChI is InChI=1S/C52H104N6O4/c1-7-10-13-16-19-22-25-28-31-34-40-54-49(59)39-37-43-57(46(4)50(53)60)44-38-45-58(47(5)51(61)55-41-35-32-29-26-23-20-17-14-11-8-2)48(6)52(62)56-42-36-33-30-27-24-21-18-15-12-9-3/h46-48H,7-45H2,1-6H3,(H2,53,60)(H,54,59)(H,55,61)(H,56,62). The second-order valence-electron chi connectivity index (χ2n) is 18.6. The Morgan fingerprint density at radius 3 is 1.03 bits per heavy atom. The number of unbranched alkanes of at least 4 members (excludes halogenated alkanes) is 27. The number of nitrogens with one attached hydrogen (secondary N) is 3. The summed E-state index contributed by atoms with van der Waals surface area (Å²) in [4.78, 5) is 56.1. The molecule has 10 nitrogen and oxygen atoms in total. The largest absolute Gasteiger partial charge is 0.368 e. The molecular formula is C52H104N6O4. The number of carbonyl (C=O) groups is 4. The van der Waals surface area contributed by atoms with Crippen molar-refractivity contribution in [2.24, 2.45) is 5.73 Å². The fraction of sp³-hybridized carbons (Fsp3) is 0.923. The number of hydrogen-bond acceptors (Lipinski definition) is 6. The van der Waals surface area contributed by atoms with Crippen molar-refractivity contribution in [3.05, 3.63) is 0 Å². The van der Waals surface area contributed by atoms with Crippen molar-refractivity contribution in [1.82, 2.24) is 25.8 Å². The molecule has 366 valence electrons. The first-order valence-corrected chi connectivity index (χ1v) is 26.7. The van der Waals surface area contributed by atoms with Gasteiger partial charge in [0.15, 0.2) is 0 Å². The highest BCUT2D eigenvalue weighted by molar-refractivity contribution is 5.85. The first kappa shape index (κ1) is 59.8. The van der Waals surface area contributed by atoms with E-state index in [9.17, 15) is 19.2 Å². The number of amides is 4. The van der Waals surface area contributed by atoms with Crippen molar-refractivity contribution < 1.29 is 19.2 Å². The molecule has 5 N–H and O–H groups in total. The quantitative estimate of drug-likeness (QED) is 0.0449. The monoisotopic (exact) mass is 877 g/mol. The van der Waals surface area contributed by atoms with Gasteiger partial charge in [0.05, 0.1) is 18.1 Å². The lowest BCUT2D eigenvalue weighted by Crippen LogP contribution is -2.54. The van der Waals surface area contributed by atoms with Crippen LogP contribution in [0.3, 0.4) is 0 Å². The van der Waals surface area contributed by atoms with Gasteiger partial charge < -0.3 is 21.7 Å². The van der Waals surface area contributed by atoms with Crippen LogP contribution in [0.25, 0.3) is 0 Å². The number of carbonyl (C=O) groups excluding carboxylic acids is 4. The summed E-state index contributed by atoms with van der Waals surface area (Å²) in [5.41, 5.74) is 5.78. The third-order valence-corrected chi connectivity index (χ3v) is 12.9. The van der Waals surface area contributed by atoms with Gasteiger partial charge in [0.25, 0.3) is 0 Å². The van der Waals surface area contributed by atoms with Crippen molar-refractivity contribution >= 4 is 23.6 Å². The summed E-state index contributed by atoms with van der Waals surface area (Å²) in [6, 6.07) is -1.46. The molecule has 0 rings (SSSR count). The Hall–Kier alpha value is -2.20. The lowest BCUT2D eigenvalue weighted by molar-refractivity contribution is -0.131. The molecule has 0 radical (unpaired) electrons. The minimum atomic E-state index is -0.488. The Bertz CT molecular complexity index is 1020. The van der Waals surface area contributed by atoms with Crippen LogP contribution in [0, 0.1) is 0 Å². The van der Waals surface area contributed by atoms with Crippen LogP contribution in [-0.2, 0) is 19.2 Å². The van der Waals surface area contributed by atoms with Crippen LogP contribution in [0.4, 0.5) is 0 Å². The molecule has 0 aliphatic carbocycles. The zero-order chi connectivity index (χ0) is 45.9. The van der Waals surface area contributed by atoms with Crippen LogP contribution in [0.15, 0.2) is 0 Å². The molecule has 10 heteroatoms. The third kappa shape index (κ3) is 35.2. The van der Waals surface area contributed by atoms with Crippen molar-refractivity contribution in [1.29, 1.82) is 0 Å². The fourth-order valence-corrected chi connectivity index (χ4v) is 8.47. The van der Waals surface area contributed by atoms with Gasteiger partial charge >= 0.3 is 0 Å². The van der Waals surface area contributed by atoms with Crippen LogP contribution < -0.4 is 21.7 Å². The molecule has 0 aliphatic rings. The molecule has 0 saturated heterocycles. The zero-order valence-corrected chi connectivity index (χ0v) is 41.9. The fourth-order valence-electron chi connectivity index (χ4n) is 8.47. The third-order valence-electron chi connectivity index (χ3n) is 12.9. The second-order valence-corrected chi connectivity index (χ2v) is 18.6. The van der Waals surface area contributed by atoms with Gasteiger partial charge in [-0.3, -0.25) is 29.0 Å². The summed E-state index contributed by atoms with van der Waals surface area (Å²) in [5, 5.41) is 9.40. The molecule has 0 fully saturated rings. The Morgan fingerprint density at radius 1 is 0.387 bits per heavy atom. The molecule has 62 heavy (non-hydrogen) atoms. The molecule has 0 bridgehead atoms. The summed E-state index contributed by atoms with van der Waals surface area (Å²) in [6.07, 6.45) is 39.3. The van der Waals surface area contributed by atoms with E-state index in [2.05, 4.69) is 36.7 Å². The highest BCUT2D eigenvalue weighted by atomic mass is 16.2. The highest BCUT2D eigenvalue weighted by Gasteiger charge is 2.30. The van der Waals surface area contributed by atoms with E-state index in [1.165, 1.54) is 154 Å². The zero-order valence-electron chi connectivity index (χ0n) is 41.9. The topological polar surface area (TPSA) is 137 Å². The van der Waals surface area contributed by atoms with Crippen LogP contribution in [-0.4, -0.2) is 90.8 Å². The Labute approximate surface area is 384 Å². The molecule has 0 aliphatic heterocycles. The average Bonchev–Trinajstić information content (AvgIpc) is 3.26. The van der Waals surface area contributed by atoms with Crippen molar-refractivity contribution in [2.75, 3.05) is 39.3 Å². The summed E-state index contributed by atoms with van der Waals surface area (Å²) in [7, 11) is 0. The summed E-state index contributed by atoms with van der Waals surface area (Å²) < 4.78 is 0. The molecular weight excluding hydrogens is 773 g/mol. The SMILES string of the molecule is CCCCCCCCCCCCNC(=O)CCCN(CCCN(C(C)C(=O)NCCCCCCCCCCCC)C(C)C(=O)NCCCCCCCCCCCC)C(C)C(N)=O. The molecule has 0 aromatic carbocycles. The Kier molecular flexibility index (Phi) is 42.5. The highest BCUT2D eigenvalue weighted by Crippen LogP contribution is 2.15. The summed E-state index contributed by atoms with van der Waals surface area (Å²) in [6.45, 7) is 16.0. The van der Waals surface area contributed by atoms with Crippen molar-refractivity contribution in [3.8, 4) is 0 Å². The molecule has 0 heterocycles. The van der Waals surface area contributed by atoms with E-state index < -0.39 is 24.0 Å². The molecule has 0 aromatic rings. The predicted molar refractivity (Wildman–Crippen MR) is 264 cm³/mol. The Morgan fingerprint density at radius 2 is 0.694 bits per heavy atom. The molecule has 0 saturated carbocycles. The summed E-state index contributed by atoms with van der Waals surface area (Å²) in [5.74, 6) is -0.455. The number of hydrogen-bond donors (Lipinski definition) is 4. The molecule has 0 aromatic heterocycles. The molecule has 3 atom stereocenters. The Balaban J connectivity index is 5.04. The lowest BCUT2D eigenvalue weighted by atomic mass is 10.1. The lowest BCUT2D eigenvalue weighted by Gasteiger charge is -2.34. The molecule has 4 amide bonds. The van der Waals surface area contributed by atoms with Crippen LogP contribution in [0.1, 0.15) is 253 Å². The van der Waals surface area contributed by atoms with Gasteiger partial charge in [-0.25, -0.2) is 0 Å². The van der Waals surface area contributed by atoms with Crippen LogP contribution in [0.2, 0.25) is 0 Å². The van der Waals surface area contributed by atoms with Crippen LogP contribution >= 0.6 is 0 Å². The maximum atomic E-state index is 13.5. The maximum Gasteiger partial charge on any atom is 0.237 e. The van der Waals surface area contributed by atoms with Gasteiger partial charge in [0.2, 0.25) is 23.6 Å².